The number of carbonyl (C=O) groups is 2. The third kappa shape index (κ3) is 3.98. The fourth-order valence-electron chi connectivity index (χ4n) is 2.44. The Labute approximate surface area is 108 Å². The molecule has 0 aromatic carbocycles. The fraction of sp³-hybridized carbons (Fsp3) is 0.846. The van der Waals surface area contributed by atoms with Crippen LogP contribution < -0.4 is 5.32 Å². The van der Waals surface area contributed by atoms with Crippen LogP contribution in [0.1, 0.15) is 51.9 Å². The van der Waals surface area contributed by atoms with E-state index in [-0.39, 0.29) is 18.9 Å². The lowest BCUT2D eigenvalue weighted by atomic mass is 9.71. The normalized spacial score (nSPS) is 20.1. The van der Waals surface area contributed by atoms with Crippen LogP contribution in [0.15, 0.2) is 0 Å². The van der Waals surface area contributed by atoms with Gasteiger partial charge in [0.1, 0.15) is 0 Å². The van der Waals surface area contributed by atoms with E-state index in [9.17, 15) is 19.8 Å². The maximum absolute atomic E-state index is 11.8. The minimum atomic E-state index is -0.889. The zero-order chi connectivity index (χ0) is 13.6. The molecule has 1 amide bonds. The number of aliphatic carboxylic acids is 1. The van der Waals surface area contributed by atoms with Crippen LogP contribution in [0.25, 0.3) is 0 Å². The van der Waals surface area contributed by atoms with E-state index in [4.69, 9.17) is 0 Å². The van der Waals surface area contributed by atoms with Crippen molar-refractivity contribution >= 4 is 11.9 Å². The summed E-state index contributed by atoms with van der Waals surface area (Å²) >= 11 is 0. The molecule has 1 rings (SSSR count). The molecule has 18 heavy (non-hydrogen) atoms. The van der Waals surface area contributed by atoms with Crippen LogP contribution in [-0.4, -0.2) is 34.7 Å². The van der Waals surface area contributed by atoms with Crippen LogP contribution in [0.3, 0.4) is 0 Å². The Kier molecular flexibility index (Phi) is 5.59. The topological polar surface area (TPSA) is 86.6 Å². The predicted octanol–water partition coefficient (Wildman–Crippen LogP) is 1.30. The number of hydrogen-bond acceptors (Lipinski definition) is 3. The summed E-state index contributed by atoms with van der Waals surface area (Å²) in [4.78, 5) is 23.1. The SMILES string of the molecule is CCC(O)CNC(=O)CC1(C(=O)O)CCCCC1. The number of rotatable bonds is 6. The van der Waals surface area contributed by atoms with Crippen molar-refractivity contribution in [3.8, 4) is 0 Å². The Morgan fingerprint density at radius 3 is 2.39 bits per heavy atom. The van der Waals surface area contributed by atoms with Crippen LogP contribution in [0.4, 0.5) is 0 Å². The molecular formula is C13H23NO4. The Balaban J connectivity index is 2.50. The van der Waals surface area contributed by atoms with E-state index in [1.807, 2.05) is 6.92 Å². The monoisotopic (exact) mass is 257 g/mol. The first kappa shape index (κ1) is 15.0. The number of aliphatic hydroxyl groups is 1. The van der Waals surface area contributed by atoms with Crippen LogP contribution in [-0.2, 0) is 9.59 Å². The van der Waals surface area contributed by atoms with E-state index in [0.717, 1.165) is 19.3 Å². The summed E-state index contributed by atoms with van der Waals surface area (Å²) < 4.78 is 0. The van der Waals surface area contributed by atoms with Crippen molar-refractivity contribution in [3.63, 3.8) is 0 Å². The minimum Gasteiger partial charge on any atom is -0.481 e. The van der Waals surface area contributed by atoms with Crippen molar-refractivity contribution in [3.05, 3.63) is 0 Å². The largest absolute Gasteiger partial charge is 0.481 e. The third-order valence-corrected chi connectivity index (χ3v) is 3.77. The molecule has 0 aromatic heterocycles. The van der Waals surface area contributed by atoms with Crippen molar-refractivity contribution < 1.29 is 19.8 Å². The predicted molar refractivity (Wildman–Crippen MR) is 67.1 cm³/mol. The Morgan fingerprint density at radius 1 is 1.28 bits per heavy atom. The number of carboxylic acid groups (broad SMARTS) is 1. The average Bonchev–Trinajstić information content (AvgIpc) is 2.36. The van der Waals surface area contributed by atoms with Gasteiger partial charge in [-0.1, -0.05) is 26.2 Å². The highest BCUT2D eigenvalue weighted by Gasteiger charge is 2.41. The van der Waals surface area contributed by atoms with Gasteiger partial charge in [0.15, 0.2) is 0 Å². The number of carboxylic acids is 1. The molecular weight excluding hydrogens is 234 g/mol. The van der Waals surface area contributed by atoms with Crippen molar-refractivity contribution in [2.45, 2.75) is 58.0 Å². The summed E-state index contributed by atoms with van der Waals surface area (Å²) in [6, 6.07) is 0. The molecule has 0 spiro atoms. The van der Waals surface area contributed by atoms with Crippen molar-refractivity contribution in [1.29, 1.82) is 0 Å². The summed E-state index contributed by atoms with van der Waals surface area (Å²) in [5.74, 6) is -1.14. The molecule has 0 aromatic rings. The quantitative estimate of drug-likeness (QED) is 0.669. The van der Waals surface area contributed by atoms with Crippen molar-refractivity contribution in [2.24, 2.45) is 5.41 Å². The molecule has 0 aliphatic heterocycles. The maximum atomic E-state index is 11.8. The van der Waals surface area contributed by atoms with Gasteiger partial charge in [-0.3, -0.25) is 9.59 Å². The van der Waals surface area contributed by atoms with E-state index in [1.54, 1.807) is 0 Å². The lowest BCUT2D eigenvalue weighted by Gasteiger charge is -2.32. The molecule has 0 radical (unpaired) electrons. The molecule has 0 saturated heterocycles. The van der Waals surface area contributed by atoms with Crippen LogP contribution in [0.5, 0.6) is 0 Å². The summed E-state index contributed by atoms with van der Waals surface area (Å²) in [7, 11) is 0. The van der Waals surface area contributed by atoms with Gasteiger partial charge in [-0.05, 0) is 19.3 Å². The first-order valence-corrected chi connectivity index (χ1v) is 6.68. The molecule has 1 aliphatic carbocycles. The van der Waals surface area contributed by atoms with Gasteiger partial charge in [-0.2, -0.15) is 0 Å². The molecule has 0 heterocycles. The molecule has 1 unspecified atom stereocenters. The smallest absolute Gasteiger partial charge is 0.310 e. The zero-order valence-electron chi connectivity index (χ0n) is 10.9. The summed E-state index contributed by atoms with van der Waals surface area (Å²) in [5.41, 5.74) is -0.889. The van der Waals surface area contributed by atoms with Gasteiger partial charge in [0.05, 0.1) is 11.5 Å². The maximum Gasteiger partial charge on any atom is 0.310 e. The Hall–Kier alpha value is -1.10. The van der Waals surface area contributed by atoms with E-state index >= 15 is 0 Å². The van der Waals surface area contributed by atoms with E-state index in [1.165, 1.54) is 0 Å². The zero-order valence-corrected chi connectivity index (χ0v) is 10.9. The number of aliphatic hydroxyl groups excluding tert-OH is 1. The molecule has 1 saturated carbocycles. The molecule has 3 N–H and O–H groups in total. The highest BCUT2D eigenvalue weighted by molar-refractivity contribution is 5.85. The van der Waals surface area contributed by atoms with Crippen molar-refractivity contribution in [2.75, 3.05) is 6.54 Å². The van der Waals surface area contributed by atoms with Gasteiger partial charge in [0.2, 0.25) is 5.91 Å². The van der Waals surface area contributed by atoms with Gasteiger partial charge in [0.25, 0.3) is 0 Å². The molecule has 1 fully saturated rings. The second-order valence-electron chi connectivity index (χ2n) is 5.19. The van der Waals surface area contributed by atoms with E-state index in [0.29, 0.717) is 19.3 Å². The molecule has 104 valence electrons. The molecule has 5 nitrogen and oxygen atoms in total. The van der Waals surface area contributed by atoms with Gasteiger partial charge in [-0.25, -0.2) is 0 Å². The third-order valence-electron chi connectivity index (χ3n) is 3.77. The standard InChI is InChI=1S/C13H23NO4/c1-2-10(15)9-14-11(16)8-13(12(17)18)6-4-3-5-7-13/h10,15H,2-9H2,1H3,(H,14,16)(H,17,18). The van der Waals surface area contributed by atoms with Gasteiger partial charge in [0, 0.05) is 13.0 Å². The van der Waals surface area contributed by atoms with Crippen LogP contribution >= 0.6 is 0 Å². The molecule has 5 heteroatoms. The average molecular weight is 257 g/mol. The minimum absolute atomic E-state index is 0.0266. The van der Waals surface area contributed by atoms with Crippen molar-refractivity contribution in [1.82, 2.24) is 5.32 Å². The fourth-order valence-corrected chi connectivity index (χ4v) is 2.44. The Morgan fingerprint density at radius 2 is 1.89 bits per heavy atom. The molecule has 1 aliphatic rings. The summed E-state index contributed by atoms with van der Waals surface area (Å²) in [6.07, 6.45) is 3.99. The second-order valence-corrected chi connectivity index (χ2v) is 5.19. The van der Waals surface area contributed by atoms with Gasteiger partial charge < -0.3 is 15.5 Å². The number of hydrogen-bond donors (Lipinski definition) is 3. The molecule has 1 atom stereocenters. The second kappa shape index (κ2) is 6.73. The summed E-state index contributed by atoms with van der Waals surface area (Å²) in [6.45, 7) is 2.03. The lowest BCUT2D eigenvalue weighted by molar-refractivity contribution is -0.154. The van der Waals surface area contributed by atoms with Gasteiger partial charge in [-0.15, -0.1) is 0 Å². The van der Waals surface area contributed by atoms with Gasteiger partial charge >= 0.3 is 5.97 Å². The summed E-state index contributed by atoms with van der Waals surface area (Å²) in [5, 5.41) is 21.3. The van der Waals surface area contributed by atoms with E-state index in [2.05, 4.69) is 5.32 Å². The highest BCUT2D eigenvalue weighted by atomic mass is 16.4. The number of nitrogens with one attached hydrogen (secondary N) is 1. The first-order valence-electron chi connectivity index (χ1n) is 6.68. The van der Waals surface area contributed by atoms with E-state index < -0.39 is 17.5 Å². The highest BCUT2D eigenvalue weighted by Crippen LogP contribution is 2.39. The first-order chi connectivity index (χ1) is 8.50. The number of carbonyl (C=O) groups excluding carboxylic acids is 1. The number of amides is 1. The lowest BCUT2D eigenvalue weighted by Crippen LogP contribution is -2.40. The Bertz CT molecular complexity index is 297. The molecule has 0 bridgehead atoms. The van der Waals surface area contributed by atoms with Crippen LogP contribution in [0.2, 0.25) is 0 Å². The van der Waals surface area contributed by atoms with Crippen LogP contribution in [0, 0.1) is 5.41 Å².